The van der Waals surface area contributed by atoms with Gasteiger partial charge in [0.15, 0.2) is 5.82 Å². The summed E-state index contributed by atoms with van der Waals surface area (Å²) in [6, 6.07) is 4.62. The number of nitrogen functional groups attached to an aromatic ring is 1. The number of hydrogen-bond donors (Lipinski definition) is 1. The molecule has 204 valence electrons. The molecular weight excluding hydrogens is 534 g/mol. The third kappa shape index (κ3) is 4.00. The van der Waals surface area contributed by atoms with Crippen LogP contribution in [0.25, 0.3) is 32.2 Å². The summed E-state index contributed by atoms with van der Waals surface area (Å²) >= 11 is 0.947. The van der Waals surface area contributed by atoms with Crippen LogP contribution in [0.3, 0.4) is 0 Å². The number of anilines is 3. The molecule has 3 aromatic heterocycles. The lowest BCUT2D eigenvalue weighted by Gasteiger charge is -2.38. The molecule has 0 bridgehead atoms. The van der Waals surface area contributed by atoms with Gasteiger partial charge in [-0.3, -0.25) is 9.78 Å². The highest BCUT2D eigenvalue weighted by molar-refractivity contribution is 7.23. The maximum Gasteiger partial charge on any atom is 0.246 e. The molecule has 2 fully saturated rings. The molecule has 4 aromatic rings. The normalized spacial score (nSPS) is 17.3. The molecule has 0 aliphatic carbocycles. The van der Waals surface area contributed by atoms with E-state index in [1.54, 1.807) is 4.90 Å². The second kappa shape index (κ2) is 9.67. The van der Waals surface area contributed by atoms with E-state index in [1.165, 1.54) is 24.4 Å². The topological polar surface area (TPSA) is 115 Å². The van der Waals surface area contributed by atoms with Crippen LogP contribution in [0.5, 0.6) is 0 Å². The van der Waals surface area contributed by atoms with E-state index in [1.807, 2.05) is 22.9 Å². The summed E-state index contributed by atoms with van der Waals surface area (Å²) in [5.41, 5.74) is 6.38. The van der Waals surface area contributed by atoms with Gasteiger partial charge in [-0.2, -0.15) is 10.2 Å². The highest BCUT2D eigenvalue weighted by Crippen LogP contribution is 2.42. The molecule has 2 N–H and O–H groups in total. The molecule has 0 spiro atoms. The van der Waals surface area contributed by atoms with Crippen LogP contribution in [0, 0.1) is 28.9 Å². The fraction of sp³-hybridized carbons (Fsp3) is 0.321. The number of hydrogen-bond acceptors (Lipinski definition) is 9. The lowest BCUT2D eigenvalue weighted by atomic mass is 10.0. The molecule has 1 unspecified atom stereocenters. The van der Waals surface area contributed by atoms with Gasteiger partial charge in [0, 0.05) is 56.4 Å². The zero-order chi connectivity index (χ0) is 28.3. The average Bonchev–Trinajstić information content (AvgIpc) is 3.56. The van der Waals surface area contributed by atoms with Crippen LogP contribution in [-0.2, 0) is 4.79 Å². The van der Waals surface area contributed by atoms with Gasteiger partial charge >= 0.3 is 0 Å². The summed E-state index contributed by atoms with van der Waals surface area (Å²) < 4.78 is 31.3. The average molecular weight is 561 g/mol. The second-order valence-corrected chi connectivity index (χ2v) is 11.4. The summed E-state index contributed by atoms with van der Waals surface area (Å²) in [5.74, 6) is 0.0133. The Bertz CT molecular complexity index is 1740. The highest BCUT2D eigenvalue weighted by atomic mass is 32.1. The van der Waals surface area contributed by atoms with Gasteiger partial charge in [-0.25, -0.2) is 13.8 Å². The largest absolute Gasteiger partial charge is 0.389 e. The summed E-state index contributed by atoms with van der Waals surface area (Å²) in [6.45, 7) is 8.27. The van der Waals surface area contributed by atoms with Crippen molar-refractivity contribution in [3.05, 3.63) is 48.2 Å². The van der Waals surface area contributed by atoms with Crippen molar-refractivity contribution in [2.24, 2.45) is 5.92 Å². The number of amides is 1. The Labute approximate surface area is 233 Å². The van der Waals surface area contributed by atoms with Crippen LogP contribution in [0.2, 0.25) is 0 Å². The molecule has 2 aliphatic rings. The molecule has 2 aliphatic heterocycles. The minimum absolute atomic E-state index is 0.0448. The number of rotatable bonds is 5. The SMILES string of the molecule is C=CC(=O)N1CCC(N(C)c2nc(N3CC(C)C3)nc3c(F)c(-c4ccc(F)c5sc(N)c(C#N)c45)ncc23)C1. The van der Waals surface area contributed by atoms with Crippen molar-refractivity contribution in [3.8, 4) is 17.3 Å². The first kappa shape index (κ1) is 25.9. The third-order valence-electron chi connectivity index (χ3n) is 7.72. The fourth-order valence-corrected chi connectivity index (χ4v) is 6.50. The van der Waals surface area contributed by atoms with E-state index in [0.717, 1.165) is 30.8 Å². The van der Waals surface area contributed by atoms with Crippen molar-refractivity contribution < 1.29 is 13.6 Å². The molecule has 6 rings (SSSR count). The molecule has 1 atom stereocenters. The molecule has 2 saturated heterocycles. The van der Waals surface area contributed by atoms with Crippen LogP contribution in [-0.4, -0.2) is 65.0 Å². The Morgan fingerprint density at radius 1 is 1.30 bits per heavy atom. The summed E-state index contributed by atoms with van der Waals surface area (Å²) in [6.07, 6.45) is 3.54. The molecular formula is C28H26F2N8OS. The van der Waals surface area contributed by atoms with Gasteiger partial charge in [0.25, 0.3) is 0 Å². The predicted molar refractivity (Wildman–Crippen MR) is 152 cm³/mol. The number of likely N-dealkylation sites (tertiary alicyclic amines) is 1. The van der Waals surface area contributed by atoms with E-state index in [0.29, 0.717) is 36.2 Å². The van der Waals surface area contributed by atoms with Gasteiger partial charge < -0.3 is 20.4 Å². The summed E-state index contributed by atoms with van der Waals surface area (Å²) in [5, 5.41) is 10.5. The Balaban J connectivity index is 1.52. The number of carbonyl (C=O) groups is 1. The number of thiophene rings is 1. The number of pyridine rings is 1. The van der Waals surface area contributed by atoms with Gasteiger partial charge in [-0.15, -0.1) is 11.3 Å². The van der Waals surface area contributed by atoms with E-state index in [2.05, 4.69) is 23.5 Å². The van der Waals surface area contributed by atoms with Crippen molar-refractivity contribution in [2.75, 3.05) is 48.8 Å². The number of likely N-dealkylation sites (N-methyl/N-ethyl adjacent to an activating group) is 1. The maximum atomic E-state index is 16.4. The van der Waals surface area contributed by atoms with Crippen LogP contribution >= 0.6 is 11.3 Å². The Morgan fingerprint density at radius 3 is 2.77 bits per heavy atom. The predicted octanol–water partition coefficient (Wildman–Crippen LogP) is 4.32. The molecule has 5 heterocycles. The molecule has 1 aromatic carbocycles. The first-order valence-electron chi connectivity index (χ1n) is 12.9. The minimum atomic E-state index is -0.694. The number of nitriles is 1. The Hall–Kier alpha value is -4.37. The molecule has 0 radical (unpaired) electrons. The van der Waals surface area contributed by atoms with Gasteiger partial charge in [-0.05, 0) is 30.5 Å². The van der Waals surface area contributed by atoms with E-state index < -0.39 is 11.6 Å². The standard InChI is InChI=1S/C28H26F2N8OS/c1-4-20(39)37-8-7-15(13-37)36(3)27-18-10-33-23(22(30)24(18)34-28(35-27)38-11-14(2)12-38)16-5-6-19(29)25-21(16)17(9-31)26(32)40-25/h4-6,10,14-15H,1,7-8,11-13,32H2,2-3H3. The second-order valence-electron chi connectivity index (χ2n) is 10.3. The lowest BCUT2D eigenvalue weighted by molar-refractivity contribution is -0.125. The number of carbonyl (C=O) groups excluding carboxylic acids is 1. The fourth-order valence-electron chi connectivity index (χ4n) is 5.55. The summed E-state index contributed by atoms with van der Waals surface area (Å²) in [7, 11) is 1.87. The first-order chi connectivity index (χ1) is 19.2. The molecule has 12 heteroatoms. The van der Waals surface area contributed by atoms with Crippen molar-refractivity contribution in [1.82, 2.24) is 19.9 Å². The number of fused-ring (bicyclic) bond motifs is 2. The first-order valence-corrected chi connectivity index (χ1v) is 13.7. The van der Waals surface area contributed by atoms with Crippen molar-refractivity contribution in [1.29, 1.82) is 5.26 Å². The minimum Gasteiger partial charge on any atom is -0.389 e. The monoisotopic (exact) mass is 560 g/mol. The van der Waals surface area contributed by atoms with Gasteiger partial charge in [-0.1, -0.05) is 13.5 Å². The Morgan fingerprint density at radius 2 is 2.08 bits per heavy atom. The number of nitrogens with two attached hydrogens (primary N) is 1. The molecule has 1 amide bonds. The van der Waals surface area contributed by atoms with E-state index in [-0.39, 0.29) is 49.4 Å². The zero-order valence-corrected chi connectivity index (χ0v) is 22.8. The van der Waals surface area contributed by atoms with Crippen molar-refractivity contribution in [3.63, 3.8) is 0 Å². The number of benzene rings is 1. The molecule has 0 saturated carbocycles. The third-order valence-corrected chi connectivity index (χ3v) is 8.74. The maximum absolute atomic E-state index is 16.4. The van der Waals surface area contributed by atoms with Crippen molar-refractivity contribution in [2.45, 2.75) is 19.4 Å². The van der Waals surface area contributed by atoms with Crippen molar-refractivity contribution >= 4 is 55.0 Å². The van der Waals surface area contributed by atoms with Crippen LogP contribution in [0.15, 0.2) is 31.0 Å². The number of halogens is 2. The van der Waals surface area contributed by atoms with E-state index in [4.69, 9.17) is 10.7 Å². The number of nitrogens with zero attached hydrogens (tertiary/aromatic N) is 7. The summed E-state index contributed by atoms with van der Waals surface area (Å²) in [4.78, 5) is 31.8. The van der Waals surface area contributed by atoms with Crippen LogP contribution < -0.4 is 15.5 Å². The Kier molecular flexibility index (Phi) is 6.26. The molecule has 9 nitrogen and oxygen atoms in total. The van der Waals surface area contributed by atoms with E-state index >= 15 is 4.39 Å². The molecule has 40 heavy (non-hydrogen) atoms. The van der Waals surface area contributed by atoms with Gasteiger partial charge in [0.05, 0.1) is 15.6 Å². The zero-order valence-electron chi connectivity index (χ0n) is 22.0. The van der Waals surface area contributed by atoms with Crippen LogP contribution in [0.1, 0.15) is 18.9 Å². The van der Waals surface area contributed by atoms with E-state index in [9.17, 15) is 14.4 Å². The lowest BCUT2D eigenvalue weighted by Crippen LogP contribution is -2.46. The van der Waals surface area contributed by atoms with Crippen LogP contribution in [0.4, 0.5) is 25.5 Å². The van der Waals surface area contributed by atoms with Gasteiger partial charge in [0.1, 0.15) is 33.9 Å². The quantitative estimate of drug-likeness (QED) is 0.359. The number of aromatic nitrogens is 3. The smallest absolute Gasteiger partial charge is 0.246 e. The highest BCUT2D eigenvalue weighted by Gasteiger charge is 2.32. The van der Waals surface area contributed by atoms with Gasteiger partial charge in [0.2, 0.25) is 11.9 Å².